The van der Waals surface area contributed by atoms with E-state index in [1.165, 1.54) is 6.20 Å². The summed E-state index contributed by atoms with van der Waals surface area (Å²) < 4.78 is 124. The second-order valence-electron chi connectivity index (χ2n) is 23.3. The molecule has 0 radical (unpaired) electrons. The van der Waals surface area contributed by atoms with Crippen LogP contribution in [0.15, 0.2) is 124 Å². The lowest BCUT2D eigenvalue weighted by molar-refractivity contribution is -0.146. The summed E-state index contributed by atoms with van der Waals surface area (Å²) >= 11 is -1.50. The predicted molar refractivity (Wildman–Crippen MR) is 338 cm³/mol. The van der Waals surface area contributed by atoms with Crippen LogP contribution in [-0.2, 0) is 33.0 Å². The molecule has 3 N–H and O–H groups in total. The highest BCUT2D eigenvalue weighted by molar-refractivity contribution is 7.90. The first-order valence-corrected chi connectivity index (χ1v) is 32.6. The molecule has 14 rings (SSSR count). The van der Waals surface area contributed by atoms with E-state index in [2.05, 4.69) is 47.4 Å². The molecule has 4 atom stereocenters. The molecule has 92 heavy (non-hydrogen) atoms. The third-order valence-electron chi connectivity index (χ3n) is 16.7. The molecule has 2 aliphatic heterocycles. The standard InChI is InChI=1S/C31H31F2N7O.C24H21N5O3S.C8H14F2N2.2O2S/c1-18-14-34-30(36-24-10-7-11-26(24)39-16-31(32,33)17-39)37-28(18)23-15-40(21-8-5-4-6-9-21)29-22(23)12-13-25(35-29)27-19(2)38-41-20(27)3;1-14-12-25-24(33(4,30)31)27-22(14)19-13-29(17-8-6-5-7-9-17)23-18(19)10-11-20(26-23)21-15(2)28-32-16(21)3;9-8(10)4-12(5-8)7-3-1-2-6(7)11;2*1-3-2/h4-6,8-9,12-15,24,26H,7,10-11,16-17H2,1-3H3,(H,34,36,37);5-13H,1-4H3;6-7H,1-5,11H2;;/t24-,26?;;6-,7?;;/m0.0../s1. The average Bonchev–Trinajstić information content (AvgIpc) is 1.60. The minimum Gasteiger partial charge on any atom is -0.361 e. The Morgan fingerprint density at radius 1 is 0.576 bits per heavy atom. The van der Waals surface area contributed by atoms with Crippen molar-refractivity contribution in [2.75, 3.05) is 37.8 Å². The SMILES string of the molecule is Cc1cnc(N[C@H]2CCCC2N2CC(F)(F)C2)nc1-c1cn(-c2ccccc2)c2nc(-c3c(C)noc3C)ccc12.Cc1cnc(S(C)(=O)=O)nc1-c1cn(-c2ccccc2)c2nc(-c3c(C)noc3C)ccc12.N[C@H]1CCCC1N1CC(F)(F)C1.O=S=O.O=S=O. The zero-order valence-electron chi connectivity index (χ0n) is 51.2. The van der Waals surface area contributed by atoms with Crippen molar-refractivity contribution in [2.24, 2.45) is 5.73 Å². The van der Waals surface area contributed by atoms with Crippen molar-refractivity contribution in [3.05, 3.63) is 144 Å². The van der Waals surface area contributed by atoms with Crippen molar-refractivity contribution >= 4 is 61.0 Å². The van der Waals surface area contributed by atoms with E-state index in [0.717, 1.165) is 140 Å². The maximum atomic E-state index is 13.6. The molecule has 2 saturated heterocycles. The monoisotopic (exact) mass is 1320 g/mol. The summed E-state index contributed by atoms with van der Waals surface area (Å²) in [6, 6.07) is 28.3. The first-order chi connectivity index (χ1) is 43.9. The Morgan fingerprint density at radius 3 is 1.43 bits per heavy atom. The number of alkyl halides is 4. The van der Waals surface area contributed by atoms with Crippen LogP contribution in [0.2, 0.25) is 0 Å². The Bertz CT molecular complexity index is 4430. The summed E-state index contributed by atoms with van der Waals surface area (Å²) in [7, 11) is -3.56. The minimum absolute atomic E-state index is 0.0339. The van der Waals surface area contributed by atoms with E-state index < -0.39 is 44.8 Å². The Hall–Kier alpha value is -8.61. The smallest absolute Gasteiger partial charge is 0.335 e. The van der Waals surface area contributed by atoms with Gasteiger partial charge in [0.25, 0.3) is 11.8 Å². The summed E-state index contributed by atoms with van der Waals surface area (Å²) in [5, 5.41) is 13.2. The maximum Gasteiger partial charge on any atom is 0.335 e. The highest BCUT2D eigenvalue weighted by Gasteiger charge is 2.50. The Labute approximate surface area is 534 Å². The number of pyridine rings is 2. The van der Waals surface area contributed by atoms with Gasteiger partial charge in [-0.1, -0.05) is 53.1 Å². The summed E-state index contributed by atoms with van der Waals surface area (Å²) in [6.07, 6.45) is 14.4. The van der Waals surface area contributed by atoms with Crippen molar-refractivity contribution in [1.29, 1.82) is 0 Å². The van der Waals surface area contributed by atoms with Gasteiger partial charge in [-0.3, -0.25) is 9.80 Å². The van der Waals surface area contributed by atoms with Gasteiger partial charge >= 0.3 is 23.1 Å². The first kappa shape index (κ1) is 66.3. The van der Waals surface area contributed by atoms with E-state index >= 15 is 0 Å². The number of benzene rings is 2. The average molecular weight is 1320 g/mol. The van der Waals surface area contributed by atoms with Gasteiger partial charge < -0.3 is 29.2 Å². The Balaban J connectivity index is 0.000000161. The molecule has 2 aliphatic carbocycles. The molecular formula is C63H66F4N14O8S3. The van der Waals surface area contributed by atoms with Crippen molar-refractivity contribution in [3.8, 4) is 56.4 Å². The van der Waals surface area contributed by atoms with E-state index in [4.69, 9.17) is 46.6 Å². The molecule has 2 saturated carbocycles. The molecule has 10 heterocycles. The van der Waals surface area contributed by atoms with E-state index in [1.54, 1.807) is 0 Å². The van der Waals surface area contributed by atoms with Gasteiger partial charge in [0.05, 0.1) is 71.5 Å². The third-order valence-corrected chi connectivity index (χ3v) is 17.6. The highest BCUT2D eigenvalue weighted by Crippen LogP contribution is 2.40. The molecule has 0 amide bonds. The van der Waals surface area contributed by atoms with Crippen LogP contribution in [0, 0.1) is 41.5 Å². The number of nitrogens with one attached hydrogen (secondary N) is 1. The van der Waals surface area contributed by atoms with E-state index in [1.807, 2.05) is 147 Å². The fraction of sp³-hybridized carbons (Fsp3) is 0.365. The lowest BCUT2D eigenvalue weighted by Crippen LogP contribution is -2.62. The Kier molecular flexibility index (Phi) is 20.0. The number of rotatable bonds is 11. The molecule has 29 heteroatoms. The van der Waals surface area contributed by atoms with Crippen LogP contribution in [0.25, 0.3) is 78.5 Å². The molecule has 2 unspecified atom stereocenters. The number of nitrogens with zero attached hydrogens (tertiary/aromatic N) is 12. The molecule has 22 nitrogen and oxygen atoms in total. The second kappa shape index (κ2) is 27.7. The van der Waals surface area contributed by atoms with E-state index in [0.29, 0.717) is 23.0 Å². The quantitative estimate of drug-likeness (QED) is 0.0899. The van der Waals surface area contributed by atoms with Crippen molar-refractivity contribution in [1.82, 2.24) is 59.2 Å². The van der Waals surface area contributed by atoms with Gasteiger partial charge in [0.2, 0.25) is 20.9 Å². The molecule has 10 aromatic rings. The normalized spacial score (nSPS) is 19.0. The summed E-state index contributed by atoms with van der Waals surface area (Å²) in [6.45, 7) is 10.9. The van der Waals surface area contributed by atoms with Gasteiger partial charge in [0.15, 0.2) is 0 Å². The van der Waals surface area contributed by atoms with Crippen LogP contribution >= 0.6 is 0 Å². The fourth-order valence-electron chi connectivity index (χ4n) is 12.5. The van der Waals surface area contributed by atoms with E-state index in [9.17, 15) is 26.0 Å². The van der Waals surface area contributed by atoms with Crippen molar-refractivity contribution in [2.45, 2.75) is 121 Å². The number of aromatic nitrogens is 10. The molecular weight excluding hydrogens is 1250 g/mol. The summed E-state index contributed by atoms with van der Waals surface area (Å²) in [5.74, 6) is -3.09. The summed E-state index contributed by atoms with van der Waals surface area (Å²) in [4.78, 5) is 31.7. The molecule has 0 bridgehead atoms. The molecule has 482 valence electrons. The number of hydrogen-bond donors (Lipinski definition) is 2. The van der Waals surface area contributed by atoms with Crippen LogP contribution in [0.4, 0.5) is 23.5 Å². The number of halogens is 4. The lowest BCUT2D eigenvalue weighted by atomic mass is 10.0. The van der Waals surface area contributed by atoms with Gasteiger partial charge in [-0.05, 0) is 133 Å². The largest absolute Gasteiger partial charge is 0.361 e. The number of hydrogen-bond acceptors (Lipinski definition) is 20. The second-order valence-corrected chi connectivity index (χ2v) is 25.5. The first-order valence-electron chi connectivity index (χ1n) is 29.4. The highest BCUT2D eigenvalue weighted by atomic mass is 32.2. The van der Waals surface area contributed by atoms with Crippen LogP contribution in [0.3, 0.4) is 0 Å². The third kappa shape index (κ3) is 14.4. The van der Waals surface area contributed by atoms with Crippen LogP contribution in [0.5, 0.6) is 0 Å². The topological polar surface area (TPSA) is 286 Å². The number of sulfone groups is 1. The van der Waals surface area contributed by atoms with E-state index in [-0.39, 0.29) is 55.5 Å². The molecule has 0 spiro atoms. The zero-order valence-corrected chi connectivity index (χ0v) is 53.7. The van der Waals surface area contributed by atoms with Gasteiger partial charge in [0, 0.05) is 88.5 Å². The summed E-state index contributed by atoms with van der Waals surface area (Å²) in [5.41, 5.74) is 18.8. The molecule has 4 fully saturated rings. The van der Waals surface area contributed by atoms with Crippen molar-refractivity contribution < 1.29 is 51.9 Å². The minimum atomic E-state index is -3.56. The number of aryl methyl sites for hydroxylation is 6. The van der Waals surface area contributed by atoms with Crippen LogP contribution in [-0.4, -0.2) is 153 Å². The van der Waals surface area contributed by atoms with Crippen LogP contribution in [0.1, 0.15) is 72.6 Å². The van der Waals surface area contributed by atoms with Gasteiger partial charge in [0.1, 0.15) is 22.8 Å². The number of likely N-dealkylation sites (tertiary alicyclic amines) is 2. The number of nitrogens with two attached hydrogens (primary N) is 1. The molecule has 4 aliphatic rings. The van der Waals surface area contributed by atoms with Crippen molar-refractivity contribution in [3.63, 3.8) is 0 Å². The lowest BCUT2D eigenvalue weighted by Gasteiger charge is -2.44. The predicted octanol–water partition coefficient (Wildman–Crippen LogP) is 10.3. The number of para-hydroxylation sites is 2. The maximum absolute atomic E-state index is 13.6. The van der Waals surface area contributed by atoms with Gasteiger partial charge in [-0.15, -0.1) is 0 Å². The fourth-order valence-corrected chi connectivity index (χ4v) is 13.0. The molecule has 8 aromatic heterocycles. The number of fused-ring (bicyclic) bond motifs is 2. The van der Waals surface area contributed by atoms with Crippen LogP contribution < -0.4 is 11.1 Å². The van der Waals surface area contributed by atoms with Gasteiger partial charge in [-0.2, -0.15) is 16.8 Å². The molecule has 2 aromatic carbocycles. The number of anilines is 1. The Morgan fingerprint density at radius 2 is 1.01 bits per heavy atom. The van der Waals surface area contributed by atoms with Gasteiger partial charge in [-0.25, -0.2) is 55.9 Å². The zero-order chi connectivity index (χ0) is 65.8.